The Morgan fingerprint density at radius 2 is 1.42 bits per heavy atom. The van der Waals surface area contributed by atoms with Crippen molar-refractivity contribution in [3.8, 4) is 5.69 Å². The standard InChI is InChI=1S/C22H14N4/c1-2-6-19-15(4-1)16-9-11-24-13-21(16)26(19)20-7-3-5-17-14-8-10-23-12-18(14)25-22(17)20/h1-13,25H. The molecule has 0 aliphatic rings. The van der Waals surface area contributed by atoms with E-state index in [9.17, 15) is 0 Å². The second-order valence-corrected chi connectivity index (χ2v) is 6.49. The highest BCUT2D eigenvalue weighted by Crippen LogP contribution is 2.35. The zero-order valence-corrected chi connectivity index (χ0v) is 13.8. The van der Waals surface area contributed by atoms with Gasteiger partial charge < -0.3 is 9.55 Å². The van der Waals surface area contributed by atoms with Crippen LogP contribution in [0.1, 0.15) is 0 Å². The van der Waals surface area contributed by atoms with E-state index in [1.807, 2.05) is 24.8 Å². The number of hydrogen-bond donors (Lipinski definition) is 1. The molecular formula is C22H14N4. The van der Waals surface area contributed by atoms with Gasteiger partial charge in [-0.2, -0.15) is 0 Å². The molecule has 122 valence electrons. The minimum Gasteiger partial charge on any atom is -0.352 e. The first-order valence-electron chi connectivity index (χ1n) is 8.60. The number of H-pyrrole nitrogens is 1. The predicted octanol–water partition coefficient (Wildman–Crippen LogP) is 5.21. The molecule has 0 unspecified atom stereocenters. The summed E-state index contributed by atoms with van der Waals surface area (Å²) in [6, 6.07) is 19.1. The first kappa shape index (κ1) is 13.6. The number of aromatic amines is 1. The van der Waals surface area contributed by atoms with Crippen molar-refractivity contribution >= 4 is 43.6 Å². The predicted molar refractivity (Wildman–Crippen MR) is 106 cm³/mol. The van der Waals surface area contributed by atoms with Gasteiger partial charge in [0.2, 0.25) is 0 Å². The Hall–Kier alpha value is -3.66. The topological polar surface area (TPSA) is 46.5 Å². The third-order valence-electron chi connectivity index (χ3n) is 5.13. The monoisotopic (exact) mass is 334 g/mol. The Kier molecular flexibility index (Phi) is 2.58. The molecule has 6 rings (SSSR count). The molecule has 1 N–H and O–H groups in total. The smallest absolute Gasteiger partial charge is 0.0725 e. The first-order chi connectivity index (χ1) is 12.9. The lowest BCUT2D eigenvalue weighted by Crippen LogP contribution is -1.95. The maximum Gasteiger partial charge on any atom is 0.0725 e. The fraction of sp³-hybridized carbons (Fsp3) is 0. The van der Waals surface area contributed by atoms with Gasteiger partial charge in [0.25, 0.3) is 0 Å². The van der Waals surface area contributed by atoms with Crippen molar-refractivity contribution in [1.29, 1.82) is 0 Å². The molecule has 4 heteroatoms. The van der Waals surface area contributed by atoms with Crippen LogP contribution in [-0.4, -0.2) is 19.5 Å². The summed E-state index contributed by atoms with van der Waals surface area (Å²) in [6.07, 6.45) is 7.52. The van der Waals surface area contributed by atoms with Gasteiger partial charge >= 0.3 is 0 Å². The molecule has 2 aromatic carbocycles. The van der Waals surface area contributed by atoms with Gasteiger partial charge in [-0.15, -0.1) is 0 Å². The third kappa shape index (κ3) is 1.68. The number of para-hydroxylation sites is 2. The van der Waals surface area contributed by atoms with Crippen molar-refractivity contribution in [3.05, 3.63) is 79.4 Å². The van der Waals surface area contributed by atoms with E-state index in [1.54, 1.807) is 0 Å². The molecule has 0 saturated carbocycles. The lowest BCUT2D eigenvalue weighted by molar-refractivity contribution is 1.17. The summed E-state index contributed by atoms with van der Waals surface area (Å²) in [5.74, 6) is 0. The maximum absolute atomic E-state index is 4.38. The summed E-state index contributed by atoms with van der Waals surface area (Å²) in [5, 5.41) is 4.84. The molecule has 0 saturated heterocycles. The number of rotatable bonds is 1. The number of benzene rings is 2. The second-order valence-electron chi connectivity index (χ2n) is 6.49. The minimum atomic E-state index is 1.05. The fourth-order valence-electron chi connectivity index (χ4n) is 4.02. The van der Waals surface area contributed by atoms with Crippen molar-refractivity contribution < 1.29 is 0 Å². The molecule has 0 spiro atoms. The second kappa shape index (κ2) is 4.92. The van der Waals surface area contributed by atoms with Gasteiger partial charge in [-0.1, -0.05) is 30.3 Å². The number of hydrogen-bond acceptors (Lipinski definition) is 2. The molecule has 0 atom stereocenters. The Morgan fingerprint density at radius 1 is 0.654 bits per heavy atom. The summed E-state index contributed by atoms with van der Waals surface area (Å²) in [5.41, 5.74) is 5.58. The van der Waals surface area contributed by atoms with Crippen LogP contribution >= 0.6 is 0 Å². The zero-order valence-electron chi connectivity index (χ0n) is 13.8. The molecule has 0 fully saturated rings. The van der Waals surface area contributed by atoms with E-state index in [2.05, 4.69) is 74.1 Å². The van der Waals surface area contributed by atoms with Gasteiger partial charge in [0.1, 0.15) is 0 Å². The molecule has 0 aliphatic heterocycles. The third-order valence-corrected chi connectivity index (χ3v) is 5.13. The van der Waals surface area contributed by atoms with Crippen molar-refractivity contribution in [2.24, 2.45) is 0 Å². The van der Waals surface area contributed by atoms with Crippen LogP contribution in [0.4, 0.5) is 0 Å². The normalized spacial score (nSPS) is 11.8. The number of pyridine rings is 2. The van der Waals surface area contributed by atoms with E-state index >= 15 is 0 Å². The summed E-state index contributed by atoms with van der Waals surface area (Å²) < 4.78 is 2.29. The fourth-order valence-corrected chi connectivity index (χ4v) is 4.02. The van der Waals surface area contributed by atoms with Crippen molar-refractivity contribution in [1.82, 2.24) is 19.5 Å². The van der Waals surface area contributed by atoms with Gasteiger partial charge in [0, 0.05) is 33.9 Å². The Bertz CT molecular complexity index is 1390. The number of aromatic nitrogens is 4. The minimum absolute atomic E-state index is 1.05. The van der Waals surface area contributed by atoms with Crippen LogP contribution in [-0.2, 0) is 0 Å². The average molecular weight is 334 g/mol. The van der Waals surface area contributed by atoms with Gasteiger partial charge in [-0.25, -0.2) is 0 Å². The van der Waals surface area contributed by atoms with E-state index in [0.717, 1.165) is 22.2 Å². The number of nitrogens with one attached hydrogen (secondary N) is 1. The van der Waals surface area contributed by atoms with E-state index in [1.165, 1.54) is 27.1 Å². The Balaban J connectivity index is 1.84. The van der Waals surface area contributed by atoms with Crippen molar-refractivity contribution in [3.63, 3.8) is 0 Å². The average Bonchev–Trinajstić information content (AvgIpc) is 3.24. The molecule has 26 heavy (non-hydrogen) atoms. The molecule has 4 aromatic heterocycles. The van der Waals surface area contributed by atoms with Crippen LogP contribution < -0.4 is 0 Å². The highest BCUT2D eigenvalue weighted by molar-refractivity contribution is 6.13. The van der Waals surface area contributed by atoms with Gasteiger partial charge in [-0.3, -0.25) is 9.97 Å². The Morgan fingerprint density at radius 3 is 2.38 bits per heavy atom. The number of nitrogens with zero attached hydrogens (tertiary/aromatic N) is 3. The van der Waals surface area contributed by atoms with Crippen LogP contribution in [0.5, 0.6) is 0 Å². The van der Waals surface area contributed by atoms with E-state index in [4.69, 9.17) is 0 Å². The van der Waals surface area contributed by atoms with Crippen LogP contribution in [0.3, 0.4) is 0 Å². The lowest BCUT2D eigenvalue weighted by atomic mass is 10.1. The molecule has 0 bridgehead atoms. The van der Waals surface area contributed by atoms with Crippen molar-refractivity contribution in [2.45, 2.75) is 0 Å². The molecule has 4 heterocycles. The lowest BCUT2D eigenvalue weighted by Gasteiger charge is -2.09. The summed E-state index contributed by atoms with van der Waals surface area (Å²) >= 11 is 0. The van der Waals surface area contributed by atoms with Gasteiger partial charge in [0.15, 0.2) is 0 Å². The molecule has 0 aliphatic carbocycles. The molecule has 0 amide bonds. The van der Waals surface area contributed by atoms with Crippen LogP contribution in [0.25, 0.3) is 49.3 Å². The highest BCUT2D eigenvalue weighted by atomic mass is 15.0. The van der Waals surface area contributed by atoms with Gasteiger partial charge in [-0.05, 0) is 24.3 Å². The van der Waals surface area contributed by atoms with Crippen molar-refractivity contribution in [2.75, 3.05) is 0 Å². The molecule has 6 aromatic rings. The molecule has 0 radical (unpaired) electrons. The molecular weight excluding hydrogens is 320 g/mol. The highest BCUT2D eigenvalue weighted by Gasteiger charge is 2.15. The van der Waals surface area contributed by atoms with E-state index < -0.39 is 0 Å². The molecule has 4 nitrogen and oxygen atoms in total. The zero-order chi connectivity index (χ0) is 17.1. The maximum atomic E-state index is 4.38. The van der Waals surface area contributed by atoms with Crippen LogP contribution in [0.2, 0.25) is 0 Å². The van der Waals surface area contributed by atoms with E-state index in [-0.39, 0.29) is 0 Å². The largest absolute Gasteiger partial charge is 0.352 e. The SMILES string of the molecule is c1cc(-n2c3ccccc3c3ccncc32)c2[nH]c3cnccc3c2c1. The Labute approximate surface area is 148 Å². The first-order valence-corrected chi connectivity index (χ1v) is 8.60. The van der Waals surface area contributed by atoms with Gasteiger partial charge in [0.05, 0.1) is 40.1 Å². The summed E-state index contributed by atoms with van der Waals surface area (Å²) in [7, 11) is 0. The van der Waals surface area contributed by atoms with E-state index in [0.29, 0.717) is 0 Å². The van der Waals surface area contributed by atoms with Crippen LogP contribution in [0.15, 0.2) is 79.4 Å². The number of fused-ring (bicyclic) bond motifs is 6. The summed E-state index contributed by atoms with van der Waals surface area (Å²) in [4.78, 5) is 12.2. The summed E-state index contributed by atoms with van der Waals surface area (Å²) in [6.45, 7) is 0. The quantitative estimate of drug-likeness (QED) is 0.449. The van der Waals surface area contributed by atoms with Crippen LogP contribution in [0, 0.1) is 0 Å².